The fraction of sp³-hybridized carbons (Fsp3) is 0.118. The normalized spacial score (nSPS) is 11.3. The lowest BCUT2D eigenvalue weighted by atomic mass is 10.1. The third-order valence-corrected chi connectivity index (χ3v) is 4.82. The Morgan fingerprint density at radius 2 is 1.74 bits per heavy atom. The molecule has 1 aromatic heterocycles. The lowest BCUT2D eigenvalue weighted by Gasteiger charge is -2.03. The van der Waals surface area contributed by atoms with Crippen molar-refractivity contribution in [2.75, 3.05) is 4.72 Å². The maximum atomic E-state index is 12.2. The Balaban J connectivity index is 1.82. The predicted molar refractivity (Wildman–Crippen MR) is 88.6 cm³/mol. The predicted octanol–water partition coefficient (Wildman–Crippen LogP) is 3.70. The van der Waals surface area contributed by atoms with Crippen LogP contribution in [0.2, 0.25) is 0 Å². The number of anilines is 1. The molecular formula is C17H16N2O3S. The van der Waals surface area contributed by atoms with E-state index in [2.05, 4.69) is 16.8 Å². The minimum absolute atomic E-state index is 0.0865. The highest BCUT2D eigenvalue weighted by molar-refractivity contribution is 7.92. The molecule has 0 aliphatic heterocycles. The molecule has 0 saturated heterocycles. The van der Waals surface area contributed by atoms with E-state index in [9.17, 15) is 8.42 Å². The summed E-state index contributed by atoms with van der Waals surface area (Å²) in [7, 11) is -3.68. The standard InChI is InChI=1S/C17H16N2O3S/c1-2-13-8-10-14(11-9-13)16-12-17(22-18-16)19-23(20,21)15-6-4-3-5-7-15/h3-12,19H,2H2,1H3. The number of aromatic nitrogens is 1. The third-order valence-electron chi connectivity index (χ3n) is 3.46. The summed E-state index contributed by atoms with van der Waals surface area (Å²) in [5.74, 6) is 0.0865. The van der Waals surface area contributed by atoms with Gasteiger partial charge in [-0.1, -0.05) is 54.5 Å². The molecule has 3 rings (SSSR count). The Labute approximate surface area is 135 Å². The van der Waals surface area contributed by atoms with Crippen molar-refractivity contribution in [1.82, 2.24) is 5.16 Å². The minimum Gasteiger partial charge on any atom is -0.337 e. The van der Waals surface area contributed by atoms with E-state index in [0.29, 0.717) is 5.69 Å². The molecule has 0 bridgehead atoms. The van der Waals surface area contributed by atoms with Gasteiger partial charge in [0.25, 0.3) is 10.0 Å². The molecule has 0 aliphatic rings. The second-order valence-corrected chi connectivity index (χ2v) is 6.73. The maximum absolute atomic E-state index is 12.2. The zero-order chi connectivity index (χ0) is 16.3. The van der Waals surface area contributed by atoms with E-state index in [1.54, 1.807) is 24.3 Å². The zero-order valence-corrected chi connectivity index (χ0v) is 13.4. The summed E-state index contributed by atoms with van der Waals surface area (Å²) in [5.41, 5.74) is 2.68. The molecule has 0 amide bonds. The Hall–Kier alpha value is -2.60. The van der Waals surface area contributed by atoms with E-state index in [0.717, 1.165) is 12.0 Å². The average molecular weight is 328 g/mol. The van der Waals surface area contributed by atoms with Gasteiger partial charge in [-0.3, -0.25) is 0 Å². The maximum Gasteiger partial charge on any atom is 0.264 e. The Kier molecular flexibility index (Phi) is 4.16. The number of rotatable bonds is 5. The molecule has 118 valence electrons. The number of benzene rings is 2. The van der Waals surface area contributed by atoms with Gasteiger partial charge in [0.05, 0.1) is 4.90 Å². The van der Waals surface area contributed by atoms with Gasteiger partial charge in [-0.15, -0.1) is 0 Å². The van der Waals surface area contributed by atoms with Gasteiger partial charge in [-0.05, 0) is 24.1 Å². The molecule has 6 heteroatoms. The molecule has 1 N–H and O–H groups in total. The SMILES string of the molecule is CCc1ccc(-c2cc(NS(=O)(=O)c3ccccc3)on2)cc1. The van der Waals surface area contributed by atoms with Crippen molar-refractivity contribution in [3.8, 4) is 11.3 Å². The molecular weight excluding hydrogens is 312 g/mol. The summed E-state index contributed by atoms with van der Waals surface area (Å²) in [5, 5.41) is 3.92. The first-order valence-electron chi connectivity index (χ1n) is 7.22. The van der Waals surface area contributed by atoms with Crippen molar-refractivity contribution in [2.45, 2.75) is 18.2 Å². The summed E-state index contributed by atoms with van der Waals surface area (Å²) < 4.78 is 31.9. The van der Waals surface area contributed by atoms with Gasteiger partial charge in [-0.25, -0.2) is 13.1 Å². The molecule has 23 heavy (non-hydrogen) atoms. The summed E-state index contributed by atoms with van der Waals surface area (Å²) in [6.45, 7) is 2.08. The molecule has 5 nitrogen and oxygen atoms in total. The van der Waals surface area contributed by atoms with Crippen LogP contribution in [0.5, 0.6) is 0 Å². The molecule has 0 saturated carbocycles. The van der Waals surface area contributed by atoms with Gasteiger partial charge < -0.3 is 4.52 Å². The van der Waals surface area contributed by atoms with Crippen molar-refractivity contribution >= 4 is 15.9 Å². The Morgan fingerprint density at radius 1 is 1.04 bits per heavy atom. The molecule has 1 heterocycles. The summed E-state index contributed by atoms with van der Waals surface area (Å²) >= 11 is 0. The van der Waals surface area contributed by atoms with Gasteiger partial charge in [0.15, 0.2) is 0 Å². The first-order chi connectivity index (χ1) is 11.1. The van der Waals surface area contributed by atoms with Crippen molar-refractivity contribution in [1.29, 1.82) is 0 Å². The Bertz CT molecular complexity index is 885. The van der Waals surface area contributed by atoms with Gasteiger partial charge in [0.2, 0.25) is 5.88 Å². The molecule has 0 fully saturated rings. The molecule has 0 unspecified atom stereocenters. The first kappa shape index (κ1) is 15.3. The van der Waals surface area contributed by atoms with Crippen LogP contribution in [0, 0.1) is 0 Å². The van der Waals surface area contributed by atoms with Crippen LogP contribution in [0.4, 0.5) is 5.88 Å². The third kappa shape index (κ3) is 3.43. The molecule has 0 spiro atoms. The number of hydrogen-bond acceptors (Lipinski definition) is 4. The quantitative estimate of drug-likeness (QED) is 0.775. The van der Waals surface area contributed by atoms with Crippen molar-refractivity contribution in [2.24, 2.45) is 0 Å². The fourth-order valence-electron chi connectivity index (χ4n) is 2.16. The van der Waals surface area contributed by atoms with Gasteiger partial charge in [0.1, 0.15) is 5.69 Å². The Morgan fingerprint density at radius 3 is 2.39 bits per heavy atom. The first-order valence-corrected chi connectivity index (χ1v) is 8.71. The van der Waals surface area contributed by atoms with E-state index < -0.39 is 10.0 Å². The number of hydrogen-bond donors (Lipinski definition) is 1. The van der Waals surface area contributed by atoms with Crippen LogP contribution < -0.4 is 4.72 Å². The van der Waals surface area contributed by atoms with Crippen LogP contribution in [0.3, 0.4) is 0 Å². The van der Waals surface area contributed by atoms with Gasteiger partial charge in [-0.2, -0.15) is 0 Å². The van der Waals surface area contributed by atoms with Crippen LogP contribution in [-0.2, 0) is 16.4 Å². The van der Waals surface area contributed by atoms with Crippen LogP contribution in [-0.4, -0.2) is 13.6 Å². The second-order valence-electron chi connectivity index (χ2n) is 5.05. The summed E-state index contributed by atoms with van der Waals surface area (Å²) in [6, 6.07) is 17.6. The average Bonchev–Trinajstić information content (AvgIpc) is 3.03. The van der Waals surface area contributed by atoms with Crippen LogP contribution >= 0.6 is 0 Å². The highest BCUT2D eigenvalue weighted by Gasteiger charge is 2.16. The molecule has 0 radical (unpaired) electrons. The fourth-order valence-corrected chi connectivity index (χ4v) is 3.16. The highest BCUT2D eigenvalue weighted by Crippen LogP contribution is 2.24. The van der Waals surface area contributed by atoms with E-state index in [4.69, 9.17) is 4.52 Å². The van der Waals surface area contributed by atoms with Crippen LogP contribution in [0.15, 0.2) is 70.1 Å². The molecule has 0 atom stereocenters. The monoisotopic (exact) mass is 328 g/mol. The zero-order valence-electron chi connectivity index (χ0n) is 12.6. The molecule has 3 aromatic rings. The second kappa shape index (κ2) is 6.26. The van der Waals surface area contributed by atoms with Gasteiger partial charge >= 0.3 is 0 Å². The number of sulfonamides is 1. The van der Waals surface area contributed by atoms with E-state index in [1.807, 2.05) is 24.3 Å². The van der Waals surface area contributed by atoms with Gasteiger partial charge in [0, 0.05) is 11.6 Å². The topological polar surface area (TPSA) is 72.2 Å². The minimum atomic E-state index is -3.68. The van der Waals surface area contributed by atoms with E-state index in [1.165, 1.54) is 17.7 Å². The number of nitrogens with zero attached hydrogens (tertiary/aromatic N) is 1. The summed E-state index contributed by atoms with van der Waals surface area (Å²) in [4.78, 5) is 0.172. The van der Waals surface area contributed by atoms with Crippen LogP contribution in [0.25, 0.3) is 11.3 Å². The van der Waals surface area contributed by atoms with E-state index in [-0.39, 0.29) is 10.8 Å². The van der Waals surface area contributed by atoms with E-state index >= 15 is 0 Å². The lowest BCUT2D eigenvalue weighted by molar-refractivity contribution is 0.438. The number of aryl methyl sites for hydroxylation is 1. The lowest BCUT2D eigenvalue weighted by Crippen LogP contribution is -2.12. The van der Waals surface area contributed by atoms with Crippen LogP contribution in [0.1, 0.15) is 12.5 Å². The smallest absolute Gasteiger partial charge is 0.264 e. The molecule has 0 aliphatic carbocycles. The largest absolute Gasteiger partial charge is 0.337 e. The number of nitrogens with one attached hydrogen (secondary N) is 1. The summed E-state index contributed by atoms with van der Waals surface area (Å²) in [6.07, 6.45) is 0.960. The van der Waals surface area contributed by atoms with Crippen molar-refractivity contribution in [3.05, 3.63) is 66.2 Å². The van der Waals surface area contributed by atoms with Crippen molar-refractivity contribution < 1.29 is 12.9 Å². The van der Waals surface area contributed by atoms with Crippen molar-refractivity contribution in [3.63, 3.8) is 0 Å². The highest BCUT2D eigenvalue weighted by atomic mass is 32.2. The molecule has 2 aromatic carbocycles.